The number of hydrogen-bond acceptors (Lipinski definition) is 4. The number of anilines is 2. The number of rotatable bonds is 5. The van der Waals surface area contributed by atoms with Gasteiger partial charge in [0.2, 0.25) is 10.0 Å². The van der Waals surface area contributed by atoms with E-state index in [1.165, 1.54) is 11.6 Å². The molecule has 1 unspecified atom stereocenters. The van der Waals surface area contributed by atoms with Crippen molar-refractivity contribution in [3.05, 3.63) is 54.1 Å². The minimum atomic E-state index is -3.78. The Labute approximate surface area is 125 Å². The Hall–Kier alpha value is -2.05. The van der Waals surface area contributed by atoms with Crippen LogP contribution >= 0.6 is 0 Å². The van der Waals surface area contributed by atoms with Crippen LogP contribution in [0.25, 0.3) is 0 Å². The molecule has 2 aromatic rings. The van der Waals surface area contributed by atoms with Crippen LogP contribution in [0.1, 0.15) is 18.4 Å². The Morgan fingerprint density at radius 1 is 1.14 bits per heavy atom. The molecule has 0 amide bonds. The van der Waals surface area contributed by atoms with Crippen molar-refractivity contribution >= 4 is 21.4 Å². The fraction of sp³-hybridized carbons (Fsp3) is 0.200. The molecule has 0 aliphatic carbocycles. The van der Waals surface area contributed by atoms with Gasteiger partial charge in [-0.25, -0.2) is 13.6 Å². The summed E-state index contributed by atoms with van der Waals surface area (Å²) in [4.78, 5) is -0.0517. The van der Waals surface area contributed by atoms with Gasteiger partial charge in [0.25, 0.3) is 0 Å². The molecule has 2 aromatic carbocycles. The number of hydrogen-bond donors (Lipinski definition) is 3. The molecule has 0 spiro atoms. The minimum Gasteiger partial charge on any atom is -0.398 e. The lowest BCUT2D eigenvalue weighted by Crippen LogP contribution is -2.15. The molecule has 5 N–H and O–H groups in total. The van der Waals surface area contributed by atoms with Crippen molar-refractivity contribution in [1.29, 1.82) is 0 Å². The molecule has 2 rings (SSSR count). The van der Waals surface area contributed by atoms with Crippen molar-refractivity contribution in [2.75, 3.05) is 17.6 Å². The number of benzene rings is 2. The van der Waals surface area contributed by atoms with Gasteiger partial charge >= 0.3 is 0 Å². The number of primary sulfonamides is 1. The molecule has 0 saturated heterocycles. The molecular weight excluding hydrogens is 286 g/mol. The standard InChI is InChI=1S/C15H19N3O2S/c1-11(12-5-3-2-4-6-12)10-18-13-7-8-15(14(16)9-13)21(17,19)20/h2-9,11,18H,10,16H2,1H3,(H2,17,19,20). The van der Waals surface area contributed by atoms with Gasteiger partial charge in [-0.2, -0.15) is 0 Å². The van der Waals surface area contributed by atoms with Gasteiger partial charge in [0.15, 0.2) is 0 Å². The topological polar surface area (TPSA) is 98.2 Å². The van der Waals surface area contributed by atoms with Crippen LogP contribution in [0.3, 0.4) is 0 Å². The highest BCUT2D eigenvalue weighted by Crippen LogP contribution is 2.22. The van der Waals surface area contributed by atoms with Crippen LogP contribution in [0, 0.1) is 0 Å². The van der Waals surface area contributed by atoms with E-state index in [2.05, 4.69) is 24.4 Å². The first-order valence-corrected chi connectivity index (χ1v) is 8.13. The summed E-state index contributed by atoms with van der Waals surface area (Å²) in [7, 11) is -3.78. The van der Waals surface area contributed by atoms with Crippen molar-refractivity contribution in [3.8, 4) is 0 Å². The summed E-state index contributed by atoms with van der Waals surface area (Å²) < 4.78 is 22.6. The first-order valence-electron chi connectivity index (χ1n) is 6.59. The third-order valence-electron chi connectivity index (χ3n) is 3.30. The van der Waals surface area contributed by atoms with Gasteiger partial charge < -0.3 is 11.1 Å². The predicted molar refractivity (Wildman–Crippen MR) is 85.6 cm³/mol. The molecular formula is C15H19N3O2S. The molecule has 0 bridgehead atoms. The van der Waals surface area contributed by atoms with E-state index < -0.39 is 10.0 Å². The van der Waals surface area contributed by atoms with Gasteiger partial charge in [0.05, 0.1) is 5.69 Å². The van der Waals surface area contributed by atoms with E-state index >= 15 is 0 Å². The second-order valence-corrected chi connectivity index (χ2v) is 6.52. The van der Waals surface area contributed by atoms with Crippen molar-refractivity contribution in [1.82, 2.24) is 0 Å². The van der Waals surface area contributed by atoms with Gasteiger partial charge in [0, 0.05) is 12.2 Å². The van der Waals surface area contributed by atoms with Crippen molar-refractivity contribution in [2.24, 2.45) is 5.14 Å². The molecule has 0 fully saturated rings. The highest BCUT2D eigenvalue weighted by atomic mass is 32.2. The van der Waals surface area contributed by atoms with E-state index in [1.54, 1.807) is 12.1 Å². The van der Waals surface area contributed by atoms with Crippen molar-refractivity contribution in [2.45, 2.75) is 17.7 Å². The average Bonchev–Trinajstić information content (AvgIpc) is 2.44. The molecule has 0 aliphatic rings. The van der Waals surface area contributed by atoms with Gasteiger partial charge in [0.1, 0.15) is 4.90 Å². The largest absolute Gasteiger partial charge is 0.398 e. The molecule has 6 heteroatoms. The van der Waals surface area contributed by atoms with Crippen LogP contribution in [0.15, 0.2) is 53.4 Å². The predicted octanol–water partition coefficient (Wildman–Crippen LogP) is 2.13. The highest BCUT2D eigenvalue weighted by molar-refractivity contribution is 7.89. The monoisotopic (exact) mass is 305 g/mol. The van der Waals surface area contributed by atoms with Crippen molar-refractivity contribution < 1.29 is 8.42 Å². The zero-order valence-electron chi connectivity index (χ0n) is 11.8. The Morgan fingerprint density at radius 2 is 1.81 bits per heavy atom. The van der Waals surface area contributed by atoms with E-state index in [1.807, 2.05) is 18.2 Å². The molecule has 21 heavy (non-hydrogen) atoms. The summed E-state index contributed by atoms with van der Waals surface area (Å²) in [5.41, 5.74) is 7.88. The van der Waals surface area contributed by atoms with E-state index in [0.29, 0.717) is 5.92 Å². The highest BCUT2D eigenvalue weighted by Gasteiger charge is 2.12. The second kappa shape index (κ2) is 6.15. The molecule has 0 aromatic heterocycles. The Kier molecular flexibility index (Phi) is 4.50. The number of nitrogens with two attached hydrogens (primary N) is 2. The van der Waals surface area contributed by atoms with Crippen LogP contribution in [-0.4, -0.2) is 15.0 Å². The fourth-order valence-electron chi connectivity index (χ4n) is 2.09. The minimum absolute atomic E-state index is 0.0517. The molecule has 5 nitrogen and oxygen atoms in total. The van der Waals surface area contributed by atoms with Crippen LogP contribution in [-0.2, 0) is 10.0 Å². The lowest BCUT2D eigenvalue weighted by Gasteiger charge is -2.15. The SMILES string of the molecule is CC(CNc1ccc(S(N)(=O)=O)c(N)c1)c1ccccc1. The smallest absolute Gasteiger partial charge is 0.240 e. The van der Waals surface area contributed by atoms with Crippen LogP contribution < -0.4 is 16.2 Å². The maximum Gasteiger partial charge on any atom is 0.240 e. The molecule has 1 atom stereocenters. The summed E-state index contributed by atoms with van der Waals surface area (Å²) in [6.45, 7) is 2.84. The number of nitrogen functional groups attached to an aromatic ring is 1. The summed E-state index contributed by atoms with van der Waals surface area (Å²) >= 11 is 0. The lowest BCUT2D eigenvalue weighted by atomic mass is 10.0. The first-order chi connectivity index (χ1) is 9.88. The number of nitrogens with one attached hydrogen (secondary N) is 1. The third-order valence-corrected chi connectivity index (χ3v) is 4.28. The summed E-state index contributed by atoms with van der Waals surface area (Å²) in [6.07, 6.45) is 0. The maximum absolute atomic E-state index is 11.3. The van der Waals surface area contributed by atoms with Gasteiger partial charge in [-0.1, -0.05) is 37.3 Å². The normalized spacial score (nSPS) is 12.9. The zero-order valence-corrected chi connectivity index (χ0v) is 12.6. The Morgan fingerprint density at radius 3 is 2.38 bits per heavy atom. The van der Waals surface area contributed by atoms with Gasteiger partial charge in [-0.3, -0.25) is 0 Å². The summed E-state index contributed by atoms with van der Waals surface area (Å²) in [5.74, 6) is 0.324. The van der Waals surface area contributed by atoms with Crippen LogP contribution in [0.5, 0.6) is 0 Å². The molecule has 0 aliphatic heterocycles. The van der Waals surface area contributed by atoms with E-state index in [9.17, 15) is 8.42 Å². The summed E-state index contributed by atoms with van der Waals surface area (Å²) in [6, 6.07) is 14.8. The fourth-order valence-corrected chi connectivity index (χ4v) is 2.73. The lowest BCUT2D eigenvalue weighted by molar-refractivity contribution is 0.598. The van der Waals surface area contributed by atoms with Gasteiger partial charge in [-0.05, 0) is 29.7 Å². The first kappa shape index (κ1) is 15.3. The van der Waals surface area contributed by atoms with Crippen molar-refractivity contribution in [3.63, 3.8) is 0 Å². The average molecular weight is 305 g/mol. The van der Waals surface area contributed by atoms with E-state index in [4.69, 9.17) is 10.9 Å². The quantitative estimate of drug-likeness (QED) is 0.737. The van der Waals surface area contributed by atoms with E-state index in [0.717, 1.165) is 12.2 Å². The second-order valence-electron chi connectivity index (χ2n) is 4.99. The van der Waals surface area contributed by atoms with Crippen LogP contribution in [0.2, 0.25) is 0 Å². The molecule has 0 heterocycles. The summed E-state index contributed by atoms with van der Waals surface area (Å²) in [5, 5.41) is 8.32. The maximum atomic E-state index is 11.3. The van der Waals surface area contributed by atoms with E-state index in [-0.39, 0.29) is 10.6 Å². The third kappa shape index (κ3) is 3.96. The Bertz CT molecular complexity index is 715. The molecule has 112 valence electrons. The Balaban J connectivity index is 2.06. The van der Waals surface area contributed by atoms with Gasteiger partial charge in [-0.15, -0.1) is 0 Å². The zero-order chi connectivity index (χ0) is 15.5. The molecule has 0 radical (unpaired) electrons. The van der Waals surface area contributed by atoms with Crippen LogP contribution in [0.4, 0.5) is 11.4 Å². The number of sulfonamides is 1. The molecule has 0 saturated carbocycles.